The van der Waals surface area contributed by atoms with Crippen LogP contribution in [0, 0.1) is 5.92 Å². The average molecular weight is 215 g/mol. The molecule has 1 saturated carbocycles. The largest absolute Gasteiger partial charge is 0.149 e. The fourth-order valence-electron chi connectivity index (χ4n) is 1.62. The Hall–Kier alpha value is -0.0100. The maximum absolute atomic E-state index is 6.22. The first-order valence-electron chi connectivity index (χ1n) is 5.03. The van der Waals surface area contributed by atoms with E-state index in [2.05, 4.69) is 17.5 Å². The van der Waals surface area contributed by atoms with Crippen LogP contribution in [-0.2, 0) is 6.42 Å². The average Bonchev–Trinajstić information content (AvgIpc) is 2.86. The van der Waals surface area contributed by atoms with Crippen LogP contribution in [0.4, 0.5) is 0 Å². The molecule has 0 radical (unpaired) electrons. The van der Waals surface area contributed by atoms with Gasteiger partial charge in [0.1, 0.15) is 0 Å². The second kappa shape index (κ2) is 4.47. The van der Waals surface area contributed by atoms with Crippen LogP contribution in [0.25, 0.3) is 0 Å². The molecule has 0 aromatic carbocycles. The van der Waals surface area contributed by atoms with Crippen LogP contribution in [0.3, 0.4) is 0 Å². The minimum atomic E-state index is 0.458. The van der Waals surface area contributed by atoms with Gasteiger partial charge < -0.3 is 0 Å². The van der Waals surface area contributed by atoms with E-state index in [0.717, 1.165) is 5.92 Å². The Bertz CT molecular complexity index is 239. The Morgan fingerprint density at radius 2 is 2.38 bits per heavy atom. The molecule has 0 bridgehead atoms. The van der Waals surface area contributed by atoms with Crippen molar-refractivity contribution in [3.63, 3.8) is 0 Å². The number of hydrogen-bond donors (Lipinski definition) is 0. The lowest BCUT2D eigenvalue weighted by atomic mass is 10.1. The standard InChI is InChI=1S/C11H15ClS/c12-11(9-6-7-9)5-1-3-10-4-2-8-13-10/h2,4,8-9,11H,1,3,5-7H2. The van der Waals surface area contributed by atoms with Gasteiger partial charge in [-0.2, -0.15) is 0 Å². The van der Waals surface area contributed by atoms with Gasteiger partial charge in [-0.25, -0.2) is 0 Å². The van der Waals surface area contributed by atoms with Gasteiger partial charge in [0, 0.05) is 10.3 Å². The number of hydrogen-bond acceptors (Lipinski definition) is 1. The Morgan fingerprint density at radius 1 is 1.54 bits per heavy atom. The number of halogens is 1. The highest BCUT2D eigenvalue weighted by atomic mass is 35.5. The van der Waals surface area contributed by atoms with Gasteiger partial charge in [0.2, 0.25) is 0 Å². The van der Waals surface area contributed by atoms with Gasteiger partial charge in [-0.1, -0.05) is 6.07 Å². The summed E-state index contributed by atoms with van der Waals surface area (Å²) in [6.45, 7) is 0. The van der Waals surface area contributed by atoms with Crippen molar-refractivity contribution in [1.29, 1.82) is 0 Å². The maximum Gasteiger partial charge on any atom is 0.0364 e. The quantitative estimate of drug-likeness (QED) is 0.648. The molecule has 0 N–H and O–H groups in total. The van der Waals surface area contributed by atoms with Crippen molar-refractivity contribution in [3.8, 4) is 0 Å². The number of alkyl halides is 1. The number of thiophene rings is 1. The van der Waals surface area contributed by atoms with E-state index < -0.39 is 0 Å². The second-order valence-corrected chi connectivity index (χ2v) is 5.42. The van der Waals surface area contributed by atoms with E-state index in [4.69, 9.17) is 11.6 Å². The molecular formula is C11H15ClS. The lowest BCUT2D eigenvalue weighted by Gasteiger charge is -2.05. The summed E-state index contributed by atoms with van der Waals surface area (Å²) in [5.74, 6) is 0.852. The number of aryl methyl sites for hydroxylation is 1. The van der Waals surface area contributed by atoms with Crippen LogP contribution < -0.4 is 0 Å². The molecule has 13 heavy (non-hydrogen) atoms. The van der Waals surface area contributed by atoms with E-state index in [-0.39, 0.29) is 0 Å². The van der Waals surface area contributed by atoms with E-state index in [9.17, 15) is 0 Å². The number of rotatable bonds is 5. The monoisotopic (exact) mass is 214 g/mol. The highest BCUT2D eigenvalue weighted by Gasteiger charge is 2.28. The summed E-state index contributed by atoms with van der Waals surface area (Å²) >= 11 is 8.08. The van der Waals surface area contributed by atoms with Crippen LogP contribution >= 0.6 is 22.9 Å². The summed E-state index contributed by atoms with van der Waals surface area (Å²) in [4.78, 5) is 1.50. The van der Waals surface area contributed by atoms with Gasteiger partial charge in [0.05, 0.1) is 0 Å². The first-order valence-corrected chi connectivity index (χ1v) is 6.34. The Labute approximate surface area is 88.9 Å². The molecule has 1 aliphatic rings. The molecule has 2 heteroatoms. The molecule has 72 valence electrons. The molecule has 0 saturated heterocycles. The fourth-order valence-corrected chi connectivity index (χ4v) is 2.78. The summed E-state index contributed by atoms with van der Waals surface area (Å²) in [6, 6.07) is 4.34. The van der Waals surface area contributed by atoms with Crippen LogP contribution in [0.15, 0.2) is 17.5 Å². The summed E-state index contributed by atoms with van der Waals surface area (Å²) in [6.07, 6.45) is 6.41. The molecule has 1 atom stereocenters. The van der Waals surface area contributed by atoms with Crippen molar-refractivity contribution in [2.24, 2.45) is 5.92 Å². The third kappa shape index (κ3) is 2.99. The normalized spacial score (nSPS) is 18.8. The predicted octanol–water partition coefficient (Wildman–Crippen LogP) is 4.09. The van der Waals surface area contributed by atoms with Gasteiger partial charge in [-0.15, -0.1) is 22.9 Å². The first kappa shape index (κ1) is 9.54. The lowest BCUT2D eigenvalue weighted by molar-refractivity contribution is 0.640. The van der Waals surface area contributed by atoms with Crippen molar-refractivity contribution >= 4 is 22.9 Å². The van der Waals surface area contributed by atoms with Gasteiger partial charge in [0.15, 0.2) is 0 Å². The smallest absolute Gasteiger partial charge is 0.0364 e. The zero-order chi connectivity index (χ0) is 9.10. The molecule has 1 unspecified atom stereocenters. The summed E-state index contributed by atoms with van der Waals surface area (Å²) in [7, 11) is 0. The van der Waals surface area contributed by atoms with Crippen LogP contribution in [0.5, 0.6) is 0 Å². The van der Waals surface area contributed by atoms with Crippen LogP contribution in [-0.4, -0.2) is 5.38 Å². The van der Waals surface area contributed by atoms with Crippen LogP contribution in [0.1, 0.15) is 30.6 Å². The van der Waals surface area contributed by atoms with Gasteiger partial charge in [-0.3, -0.25) is 0 Å². The van der Waals surface area contributed by atoms with Crippen molar-refractivity contribution in [1.82, 2.24) is 0 Å². The zero-order valence-electron chi connectivity index (χ0n) is 7.71. The highest BCUT2D eigenvalue weighted by molar-refractivity contribution is 7.09. The molecule has 1 fully saturated rings. The Kier molecular flexibility index (Phi) is 3.28. The molecule has 2 rings (SSSR count). The Balaban J connectivity index is 1.63. The van der Waals surface area contributed by atoms with Crippen LogP contribution in [0.2, 0.25) is 0 Å². The fraction of sp³-hybridized carbons (Fsp3) is 0.636. The van der Waals surface area contributed by atoms with Gasteiger partial charge >= 0.3 is 0 Å². The van der Waals surface area contributed by atoms with E-state index >= 15 is 0 Å². The SMILES string of the molecule is ClC(CCCc1cccs1)C1CC1. The summed E-state index contributed by atoms with van der Waals surface area (Å²) < 4.78 is 0. The van der Waals surface area contributed by atoms with E-state index in [0.29, 0.717) is 5.38 Å². The minimum absolute atomic E-state index is 0.458. The van der Waals surface area contributed by atoms with E-state index in [1.807, 2.05) is 11.3 Å². The molecule has 1 aromatic heterocycles. The topological polar surface area (TPSA) is 0 Å². The molecule has 1 aliphatic carbocycles. The molecule has 0 nitrogen and oxygen atoms in total. The van der Waals surface area contributed by atoms with Crippen molar-refractivity contribution in [2.75, 3.05) is 0 Å². The lowest BCUT2D eigenvalue weighted by Crippen LogP contribution is -2.01. The third-order valence-electron chi connectivity index (χ3n) is 2.62. The molecule has 0 spiro atoms. The second-order valence-electron chi connectivity index (χ2n) is 3.83. The minimum Gasteiger partial charge on any atom is -0.149 e. The maximum atomic E-state index is 6.22. The Morgan fingerprint density at radius 3 is 3.00 bits per heavy atom. The third-order valence-corrected chi connectivity index (χ3v) is 4.13. The van der Waals surface area contributed by atoms with Crippen molar-refractivity contribution < 1.29 is 0 Å². The molecule has 1 heterocycles. The molecule has 0 aliphatic heterocycles. The first-order chi connectivity index (χ1) is 6.36. The predicted molar refractivity (Wildman–Crippen MR) is 59.6 cm³/mol. The van der Waals surface area contributed by atoms with Gasteiger partial charge in [-0.05, 0) is 49.5 Å². The van der Waals surface area contributed by atoms with E-state index in [1.165, 1.54) is 37.0 Å². The van der Waals surface area contributed by atoms with Gasteiger partial charge in [0.25, 0.3) is 0 Å². The molecular weight excluding hydrogens is 200 g/mol. The van der Waals surface area contributed by atoms with E-state index in [1.54, 1.807) is 0 Å². The zero-order valence-corrected chi connectivity index (χ0v) is 9.28. The van der Waals surface area contributed by atoms with Crippen molar-refractivity contribution in [3.05, 3.63) is 22.4 Å². The molecule has 1 aromatic rings. The van der Waals surface area contributed by atoms with Crippen molar-refractivity contribution in [2.45, 2.75) is 37.5 Å². The summed E-state index contributed by atoms with van der Waals surface area (Å²) in [5, 5.41) is 2.61. The highest BCUT2D eigenvalue weighted by Crippen LogP contribution is 2.37. The summed E-state index contributed by atoms with van der Waals surface area (Å²) in [5.41, 5.74) is 0. The molecule has 0 amide bonds.